The smallest absolute Gasteiger partial charge is 0.337 e. The summed E-state index contributed by atoms with van der Waals surface area (Å²) >= 11 is 0. The molecule has 0 aromatic carbocycles. The van der Waals surface area contributed by atoms with Gasteiger partial charge in [0.1, 0.15) is 24.6 Å². The first kappa shape index (κ1) is 35.0. The lowest BCUT2D eigenvalue weighted by molar-refractivity contribution is -0.321. The zero-order valence-corrected chi connectivity index (χ0v) is 29.2. The Kier molecular flexibility index (Phi) is 8.44. The molecule has 0 aromatic heterocycles. The summed E-state index contributed by atoms with van der Waals surface area (Å²) in [6.07, 6.45) is 2.67. The first-order chi connectivity index (χ1) is 21.8. The maximum Gasteiger partial charge on any atom is 0.337 e. The number of allylic oxidation sites excluding steroid dienone is 2. The van der Waals surface area contributed by atoms with Crippen LogP contribution in [0.1, 0.15) is 106 Å². The summed E-state index contributed by atoms with van der Waals surface area (Å²) in [6, 6.07) is 0. The number of methoxy groups -OCH3 is 1. The lowest BCUT2D eigenvalue weighted by atomic mass is 9.33. The third-order valence-electron chi connectivity index (χ3n) is 15.3. The van der Waals surface area contributed by atoms with Gasteiger partial charge in [-0.3, -0.25) is 4.79 Å². The third-order valence-corrected chi connectivity index (χ3v) is 15.3. The number of aliphatic carboxylic acids is 1. The Morgan fingerprint density at radius 2 is 1.57 bits per heavy atom. The molecule has 0 radical (unpaired) electrons. The molecule has 5 aliphatic carbocycles. The summed E-state index contributed by atoms with van der Waals surface area (Å²) in [4.78, 5) is 38.4. The highest BCUT2D eigenvalue weighted by molar-refractivity contribution is 5.77. The zero-order chi connectivity index (χ0) is 34.5. The molecule has 0 unspecified atom stereocenters. The number of carboxylic acid groups (broad SMARTS) is 1. The molecule has 0 aromatic rings. The van der Waals surface area contributed by atoms with Crippen molar-refractivity contribution in [1.29, 1.82) is 0 Å². The Hall–Kier alpha value is -1.85. The van der Waals surface area contributed by atoms with Gasteiger partial charge in [0, 0.05) is 0 Å². The van der Waals surface area contributed by atoms with E-state index in [0.29, 0.717) is 12.8 Å². The lowest BCUT2D eigenvalue weighted by Gasteiger charge is -2.71. The number of carbonyl (C=O) groups excluding carboxylic acids is 2. The molecule has 4 saturated carbocycles. The first-order valence-corrected chi connectivity index (χ1v) is 17.7. The molecule has 264 valence electrons. The van der Waals surface area contributed by atoms with E-state index >= 15 is 0 Å². The minimum absolute atomic E-state index is 0.0276. The van der Waals surface area contributed by atoms with Crippen molar-refractivity contribution in [3.8, 4) is 0 Å². The molecule has 0 spiro atoms. The van der Waals surface area contributed by atoms with Gasteiger partial charge in [-0.05, 0) is 104 Å². The normalized spacial score (nSPS) is 52.0. The van der Waals surface area contributed by atoms with Crippen molar-refractivity contribution in [2.45, 2.75) is 143 Å². The number of hydrogen-bond donors (Lipinski definition) is 4. The van der Waals surface area contributed by atoms with Crippen LogP contribution in [0.3, 0.4) is 0 Å². The minimum atomic E-state index is -1.70. The summed E-state index contributed by atoms with van der Waals surface area (Å²) in [5, 5.41) is 42.3. The Morgan fingerprint density at radius 1 is 0.894 bits per heavy atom. The Morgan fingerprint density at radius 3 is 2.21 bits per heavy atom. The van der Waals surface area contributed by atoms with Gasteiger partial charge in [0.15, 0.2) is 12.4 Å². The van der Waals surface area contributed by atoms with E-state index in [0.717, 1.165) is 64.8 Å². The van der Waals surface area contributed by atoms with Crippen molar-refractivity contribution in [2.75, 3.05) is 7.11 Å². The summed E-state index contributed by atoms with van der Waals surface area (Å²) in [5.41, 5.74) is -0.624. The van der Waals surface area contributed by atoms with Crippen molar-refractivity contribution in [1.82, 2.24) is 0 Å². The number of esters is 1. The van der Waals surface area contributed by atoms with Crippen molar-refractivity contribution in [2.24, 2.45) is 50.2 Å². The van der Waals surface area contributed by atoms with E-state index in [1.165, 1.54) is 5.57 Å². The highest BCUT2D eigenvalue weighted by atomic mass is 16.7. The van der Waals surface area contributed by atoms with E-state index in [1.54, 1.807) is 0 Å². The van der Waals surface area contributed by atoms with Gasteiger partial charge in [0.2, 0.25) is 0 Å². The first-order valence-electron chi connectivity index (χ1n) is 17.7. The number of aliphatic hydroxyl groups excluding tert-OH is 3. The van der Waals surface area contributed by atoms with E-state index < -0.39 is 59.6 Å². The largest absolute Gasteiger partial charge is 0.481 e. The van der Waals surface area contributed by atoms with Crippen LogP contribution in [0.4, 0.5) is 0 Å². The number of aldehydes is 1. The van der Waals surface area contributed by atoms with Crippen LogP contribution in [0.2, 0.25) is 0 Å². The van der Waals surface area contributed by atoms with E-state index in [1.807, 2.05) is 6.92 Å². The summed E-state index contributed by atoms with van der Waals surface area (Å²) < 4.78 is 16.7. The Balaban J connectivity index is 1.31. The molecule has 4 N–H and O–H groups in total. The fourth-order valence-electron chi connectivity index (χ4n) is 12.1. The summed E-state index contributed by atoms with van der Waals surface area (Å²) in [6.45, 7) is 13.6. The maximum absolute atomic E-state index is 13.2. The average molecular weight is 661 g/mol. The van der Waals surface area contributed by atoms with Crippen molar-refractivity contribution in [3.63, 3.8) is 0 Å². The van der Waals surface area contributed by atoms with Gasteiger partial charge < -0.3 is 39.4 Å². The van der Waals surface area contributed by atoms with Crippen LogP contribution in [0.5, 0.6) is 0 Å². The van der Waals surface area contributed by atoms with Crippen molar-refractivity contribution < 1.29 is 49.0 Å². The lowest BCUT2D eigenvalue weighted by Crippen LogP contribution is -2.67. The highest BCUT2D eigenvalue weighted by Crippen LogP contribution is 2.75. The van der Waals surface area contributed by atoms with E-state index in [-0.39, 0.29) is 39.4 Å². The molecule has 1 heterocycles. The molecule has 0 bridgehead atoms. The number of rotatable bonds is 5. The zero-order valence-electron chi connectivity index (χ0n) is 29.2. The van der Waals surface area contributed by atoms with Crippen LogP contribution >= 0.6 is 0 Å². The van der Waals surface area contributed by atoms with Crippen molar-refractivity contribution >= 4 is 18.2 Å². The number of ether oxygens (including phenoxy) is 3. The standard InChI is InChI=1S/C37H56O10/c1-32(2)14-16-37(31(43)44)17-15-35(5)20(21(37)18-32)8-9-23-33(3)12-11-24(34(4,19-38)22(33)10-13-36(23,35)6)46-30-27(41)25(39)26(40)28(47-30)29(42)45-7/h8,19,21-28,30,39-41H,9-18H2,1-7H3,(H,43,44)/t21-,22+,23+,24-,25-,26-,27+,28-,30+,33-,34-,35+,36+,37-/m1/s1. The van der Waals surface area contributed by atoms with Crippen molar-refractivity contribution in [3.05, 3.63) is 11.6 Å². The minimum Gasteiger partial charge on any atom is -0.481 e. The molecule has 10 nitrogen and oxygen atoms in total. The third kappa shape index (κ3) is 4.78. The van der Waals surface area contributed by atoms with Gasteiger partial charge in [-0.2, -0.15) is 0 Å². The van der Waals surface area contributed by atoms with Gasteiger partial charge >= 0.3 is 11.9 Å². The summed E-state index contributed by atoms with van der Waals surface area (Å²) in [5.74, 6) is -1.27. The van der Waals surface area contributed by atoms with E-state index in [2.05, 4.69) is 40.7 Å². The number of aliphatic hydroxyl groups is 3. The topological polar surface area (TPSA) is 160 Å². The molecule has 14 atom stereocenters. The molecule has 10 heteroatoms. The number of carboxylic acids is 1. The van der Waals surface area contributed by atoms with Crippen LogP contribution in [-0.2, 0) is 28.6 Å². The van der Waals surface area contributed by atoms with Crippen LogP contribution in [-0.4, -0.2) is 82.6 Å². The predicted molar refractivity (Wildman–Crippen MR) is 171 cm³/mol. The average Bonchev–Trinajstić information content (AvgIpc) is 3.02. The van der Waals surface area contributed by atoms with Gasteiger partial charge in [-0.1, -0.05) is 53.2 Å². The van der Waals surface area contributed by atoms with Gasteiger partial charge in [0.25, 0.3) is 0 Å². The molecule has 1 saturated heterocycles. The highest BCUT2D eigenvalue weighted by Gasteiger charge is 2.70. The van der Waals surface area contributed by atoms with Gasteiger partial charge in [-0.15, -0.1) is 0 Å². The molecule has 6 aliphatic rings. The number of fused-ring (bicyclic) bond motifs is 7. The van der Waals surface area contributed by atoms with Crippen LogP contribution in [0, 0.1) is 50.2 Å². The molecular weight excluding hydrogens is 604 g/mol. The number of hydrogen-bond acceptors (Lipinski definition) is 9. The second-order valence-corrected chi connectivity index (χ2v) is 17.7. The molecule has 47 heavy (non-hydrogen) atoms. The molecule has 6 rings (SSSR count). The second-order valence-electron chi connectivity index (χ2n) is 17.7. The van der Waals surface area contributed by atoms with Crippen LogP contribution in [0.15, 0.2) is 11.6 Å². The van der Waals surface area contributed by atoms with Gasteiger partial charge in [0.05, 0.1) is 24.0 Å². The molecule has 0 amide bonds. The SMILES string of the molecule is COC(=O)[C@@H]1O[C@H](O[C@@H]2CC[C@]3(C)[C@H](CC[C@@]4(C)[C@H]3CC=C3[C@H]5CC(C)(C)CC[C@@]5(C(=O)O)CC[C@@]34C)[C@@]2(C)C=O)[C@@H](O)[C@H](O)[C@H]1O. The Labute approximate surface area is 278 Å². The molecule has 1 aliphatic heterocycles. The summed E-state index contributed by atoms with van der Waals surface area (Å²) in [7, 11) is 1.14. The van der Waals surface area contributed by atoms with E-state index in [4.69, 9.17) is 14.2 Å². The second kappa shape index (κ2) is 11.3. The predicted octanol–water partition coefficient (Wildman–Crippen LogP) is 4.42. The number of carbonyl (C=O) groups is 3. The quantitative estimate of drug-likeness (QED) is 0.144. The van der Waals surface area contributed by atoms with Crippen LogP contribution in [0.25, 0.3) is 0 Å². The van der Waals surface area contributed by atoms with Gasteiger partial charge in [-0.25, -0.2) is 4.79 Å². The monoisotopic (exact) mass is 660 g/mol. The Bertz CT molecular complexity index is 1330. The van der Waals surface area contributed by atoms with Crippen LogP contribution < -0.4 is 0 Å². The fourth-order valence-corrected chi connectivity index (χ4v) is 12.1. The fraction of sp³-hybridized carbons (Fsp3) is 0.865. The maximum atomic E-state index is 13.2. The molecule has 5 fully saturated rings. The molecular formula is C37H56O10. The van der Waals surface area contributed by atoms with E-state index in [9.17, 15) is 34.8 Å².